The highest BCUT2D eigenvalue weighted by molar-refractivity contribution is 14.1. The minimum absolute atomic E-state index is 0.132. The number of ether oxygens (including phenoxy) is 2. The lowest BCUT2D eigenvalue weighted by molar-refractivity contribution is 0.0935. The van der Waals surface area contributed by atoms with Gasteiger partial charge < -0.3 is 20.1 Å². The van der Waals surface area contributed by atoms with Gasteiger partial charge in [-0.25, -0.2) is 0 Å². The normalized spacial score (nSPS) is 10.1. The monoisotopic (exact) mass is 513 g/mol. The van der Waals surface area contributed by atoms with Gasteiger partial charge in [-0.3, -0.25) is 14.9 Å². The van der Waals surface area contributed by atoms with E-state index in [1.54, 1.807) is 56.7 Å². The van der Waals surface area contributed by atoms with Gasteiger partial charge in [-0.2, -0.15) is 0 Å². The lowest BCUT2D eigenvalue weighted by Crippen LogP contribution is -2.34. The second kappa shape index (κ2) is 10.9. The number of methoxy groups -OCH3 is 2. The molecule has 2 aromatic rings. The molecule has 9 heteroatoms. The molecule has 0 saturated heterocycles. The summed E-state index contributed by atoms with van der Waals surface area (Å²) in [5, 5.41) is 8.41. The van der Waals surface area contributed by atoms with E-state index in [1.807, 2.05) is 0 Å². The van der Waals surface area contributed by atoms with Gasteiger partial charge in [0.15, 0.2) is 5.11 Å². The molecule has 2 aromatic carbocycles. The summed E-state index contributed by atoms with van der Waals surface area (Å²) in [5.41, 5.74) is 1.52. The van der Waals surface area contributed by atoms with Crippen molar-refractivity contribution in [3.05, 3.63) is 57.2 Å². The molecule has 2 rings (SSSR count). The van der Waals surface area contributed by atoms with E-state index in [0.29, 0.717) is 35.7 Å². The Hall–Kier alpha value is -2.24. The highest BCUT2D eigenvalue weighted by Crippen LogP contribution is 2.21. The molecule has 7 nitrogen and oxygen atoms in total. The number of amides is 2. The number of halogens is 1. The SMILES string of the molecule is COCCNC(=O)c1cccc(NC(=S)NC(=O)c2ccc(OC)c(I)c2)c1. The molecule has 0 aromatic heterocycles. The average molecular weight is 513 g/mol. The fourth-order valence-electron chi connectivity index (χ4n) is 2.25. The summed E-state index contributed by atoms with van der Waals surface area (Å²) in [6, 6.07) is 11.9. The summed E-state index contributed by atoms with van der Waals surface area (Å²) < 4.78 is 10.9. The van der Waals surface area contributed by atoms with Crippen LogP contribution in [0.4, 0.5) is 5.69 Å². The van der Waals surface area contributed by atoms with Gasteiger partial charge in [-0.15, -0.1) is 0 Å². The molecule has 0 bridgehead atoms. The van der Waals surface area contributed by atoms with Crippen molar-refractivity contribution in [2.75, 3.05) is 32.7 Å². The Balaban J connectivity index is 1.97. The molecule has 0 saturated carbocycles. The summed E-state index contributed by atoms with van der Waals surface area (Å²) in [6.45, 7) is 0.853. The smallest absolute Gasteiger partial charge is 0.257 e. The van der Waals surface area contributed by atoms with E-state index in [9.17, 15) is 9.59 Å². The topological polar surface area (TPSA) is 88.7 Å². The first-order valence-corrected chi connectivity index (χ1v) is 9.76. The van der Waals surface area contributed by atoms with Crippen LogP contribution in [0.5, 0.6) is 5.75 Å². The van der Waals surface area contributed by atoms with Gasteiger partial charge in [0.2, 0.25) is 0 Å². The van der Waals surface area contributed by atoms with Crippen molar-refractivity contribution >= 4 is 57.4 Å². The highest BCUT2D eigenvalue weighted by atomic mass is 127. The van der Waals surface area contributed by atoms with Gasteiger partial charge in [-0.1, -0.05) is 6.07 Å². The third-order valence-corrected chi connectivity index (χ3v) is 4.66. The zero-order chi connectivity index (χ0) is 20.5. The van der Waals surface area contributed by atoms with Crippen LogP contribution in [-0.4, -0.2) is 44.3 Å². The number of anilines is 1. The number of benzene rings is 2. The second-order valence-electron chi connectivity index (χ2n) is 5.59. The molecule has 148 valence electrons. The summed E-state index contributed by atoms with van der Waals surface area (Å²) in [7, 11) is 3.14. The van der Waals surface area contributed by atoms with Gasteiger partial charge in [-0.05, 0) is 71.2 Å². The predicted octanol–water partition coefficient (Wildman–Crippen LogP) is 2.80. The molecular formula is C19H20IN3O4S. The molecular weight excluding hydrogens is 493 g/mol. The van der Waals surface area contributed by atoms with Gasteiger partial charge >= 0.3 is 0 Å². The maximum absolute atomic E-state index is 12.4. The number of hydrogen-bond donors (Lipinski definition) is 3. The maximum atomic E-state index is 12.4. The summed E-state index contributed by atoms with van der Waals surface area (Å²) >= 11 is 7.30. The van der Waals surface area contributed by atoms with Crippen LogP contribution in [-0.2, 0) is 4.74 Å². The van der Waals surface area contributed by atoms with Crippen LogP contribution in [0.3, 0.4) is 0 Å². The Bertz CT molecular complexity index is 876. The zero-order valence-corrected chi connectivity index (χ0v) is 18.3. The van der Waals surface area contributed by atoms with Crippen LogP contribution in [0.2, 0.25) is 0 Å². The van der Waals surface area contributed by atoms with E-state index in [0.717, 1.165) is 3.57 Å². The molecule has 0 aliphatic heterocycles. The number of rotatable bonds is 7. The van der Waals surface area contributed by atoms with Crippen LogP contribution in [0.1, 0.15) is 20.7 Å². The maximum Gasteiger partial charge on any atom is 0.257 e. The predicted molar refractivity (Wildman–Crippen MR) is 120 cm³/mol. The summed E-state index contributed by atoms with van der Waals surface area (Å²) in [6.07, 6.45) is 0. The lowest BCUT2D eigenvalue weighted by atomic mass is 10.2. The molecule has 3 N–H and O–H groups in total. The van der Waals surface area contributed by atoms with Gasteiger partial charge in [0.05, 0.1) is 17.3 Å². The molecule has 0 spiro atoms. The van der Waals surface area contributed by atoms with Crippen LogP contribution >= 0.6 is 34.8 Å². The molecule has 0 unspecified atom stereocenters. The fraction of sp³-hybridized carbons (Fsp3) is 0.211. The quantitative estimate of drug-likeness (QED) is 0.300. The minimum Gasteiger partial charge on any atom is -0.496 e. The first kappa shape index (κ1) is 22.1. The van der Waals surface area contributed by atoms with Crippen molar-refractivity contribution in [3.63, 3.8) is 0 Å². The second-order valence-corrected chi connectivity index (χ2v) is 7.16. The van der Waals surface area contributed by atoms with E-state index < -0.39 is 0 Å². The first-order valence-electron chi connectivity index (χ1n) is 8.27. The Morgan fingerprint density at radius 2 is 1.82 bits per heavy atom. The number of carbonyl (C=O) groups excluding carboxylic acids is 2. The zero-order valence-electron chi connectivity index (χ0n) is 15.4. The Kier molecular flexibility index (Phi) is 8.61. The highest BCUT2D eigenvalue weighted by Gasteiger charge is 2.11. The molecule has 0 heterocycles. The molecule has 0 radical (unpaired) electrons. The van der Waals surface area contributed by atoms with Crippen LogP contribution in [0.25, 0.3) is 0 Å². The molecule has 0 aliphatic carbocycles. The van der Waals surface area contributed by atoms with Gasteiger partial charge in [0.25, 0.3) is 11.8 Å². The van der Waals surface area contributed by atoms with E-state index in [2.05, 4.69) is 38.5 Å². The summed E-state index contributed by atoms with van der Waals surface area (Å²) in [5.74, 6) is 0.133. The van der Waals surface area contributed by atoms with Crippen LogP contribution < -0.4 is 20.7 Å². The van der Waals surface area contributed by atoms with Gasteiger partial charge in [0, 0.05) is 30.5 Å². The number of nitrogens with one attached hydrogen (secondary N) is 3. The van der Waals surface area contributed by atoms with E-state index in [1.165, 1.54) is 0 Å². The van der Waals surface area contributed by atoms with Crippen molar-refractivity contribution in [1.82, 2.24) is 10.6 Å². The Morgan fingerprint density at radius 1 is 1.07 bits per heavy atom. The van der Waals surface area contributed by atoms with Crippen molar-refractivity contribution in [1.29, 1.82) is 0 Å². The van der Waals surface area contributed by atoms with Crippen molar-refractivity contribution in [3.8, 4) is 5.75 Å². The number of carbonyl (C=O) groups is 2. The van der Waals surface area contributed by atoms with Crippen LogP contribution in [0, 0.1) is 3.57 Å². The van der Waals surface area contributed by atoms with Crippen molar-refractivity contribution in [2.24, 2.45) is 0 Å². The minimum atomic E-state index is -0.341. The number of hydrogen-bond acceptors (Lipinski definition) is 5. The molecule has 28 heavy (non-hydrogen) atoms. The Labute approximate surface area is 182 Å². The molecule has 2 amide bonds. The standard InChI is InChI=1S/C19H20IN3O4S/c1-26-9-8-21-17(24)12-4-3-5-14(10-12)22-19(28)23-18(25)13-6-7-16(27-2)15(20)11-13/h3-7,10-11H,8-9H2,1-2H3,(H,21,24)(H2,22,23,25,28). The van der Waals surface area contributed by atoms with E-state index in [-0.39, 0.29) is 16.9 Å². The molecule has 0 fully saturated rings. The van der Waals surface area contributed by atoms with Crippen LogP contribution in [0.15, 0.2) is 42.5 Å². The first-order chi connectivity index (χ1) is 13.4. The third kappa shape index (κ3) is 6.43. The van der Waals surface area contributed by atoms with E-state index in [4.69, 9.17) is 21.7 Å². The van der Waals surface area contributed by atoms with Crippen molar-refractivity contribution in [2.45, 2.75) is 0 Å². The lowest BCUT2D eigenvalue weighted by Gasteiger charge is -2.12. The number of thiocarbonyl (C=S) groups is 1. The largest absolute Gasteiger partial charge is 0.496 e. The summed E-state index contributed by atoms with van der Waals surface area (Å²) in [4.78, 5) is 24.5. The molecule has 0 aliphatic rings. The molecule has 0 atom stereocenters. The average Bonchev–Trinajstić information content (AvgIpc) is 2.68. The fourth-order valence-corrected chi connectivity index (χ4v) is 3.20. The van der Waals surface area contributed by atoms with Gasteiger partial charge in [0.1, 0.15) is 5.75 Å². The van der Waals surface area contributed by atoms with E-state index >= 15 is 0 Å². The van der Waals surface area contributed by atoms with Crippen molar-refractivity contribution < 1.29 is 19.1 Å². The third-order valence-electron chi connectivity index (χ3n) is 3.62. The Morgan fingerprint density at radius 3 is 2.50 bits per heavy atom.